The van der Waals surface area contributed by atoms with Gasteiger partial charge in [-0.25, -0.2) is 4.98 Å². The van der Waals surface area contributed by atoms with Gasteiger partial charge in [-0.3, -0.25) is 4.40 Å². The number of nitriles is 1. The summed E-state index contributed by atoms with van der Waals surface area (Å²) in [6.45, 7) is 7.65. The topological polar surface area (TPSA) is 44.3 Å². The third-order valence-corrected chi connectivity index (χ3v) is 5.63. The van der Waals surface area contributed by atoms with E-state index in [1.165, 1.54) is 30.6 Å². The fourth-order valence-electron chi connectivity index (χ4n) is 4.30. The lowest BCUT2D eigenvalue weighted by molar-refractivity contribution is 0.479. The van der Waals surface area contributed by atoms with Gasteiger partial charge in [-0.1, -0.05) is 19.1 Å². The Morgan fingerprint density at radius 2 is 2.08 bits per heavy atom. The number of fused-ring (bicyclic) bond motifs is 3. The van der Waals surface area contributed by atoms with E-state index in [9.17, 15) is 5.26 Å². The number of anilines is 1. The van der Waals surface area contributed by atoms with Gasteiger partial charge in [0, 0.05) is 12.6 Å². The number of hydrogen-bond donors (Lipinski definition) is 0. The minimum Gasteiger partial charge on any atom is -0.355 e. The molecule has 3 heterocycles. The summed E-state index contributed by atoms with van der Waals surface area (Å²) in [6, 6.07) is 11.1. The third-order valence-electron chi connectivity index (χ3n) is 5.63. The van der Waals surface area contributed by atoms with Crippen LogP contribution in [0.3, 0.4) is 0 Å². The van der Waals surface area contributed by atoms with Gasteiger partial charge >= 0.3 is 0 Å². The summed E-state index contributed by atoms with van der Waals surface area (Å²) in [7, 11) is 0. The highest BCUT2D eigenvalue weighted by molar-refractivity contribution is 5.86. The number of benzene rings is 1. The fraction of sp³-hybridized carbons (Fsp3) is 0.429. The monoisotopic (exact) mass is 332 g/mol. The Kier molecular flexibility index (Phi) is 3.88. The maximum absolute atomic E-state index is 9.80. The van der Waals surface area contributed by atoms with E-state index in [-0.39, 0.29) is 0 Å². The lowest BCUT2D eigenvalue weighted by Gasteiger charge is -2.37. The first-order valence-corrected chi connectivity index (χ1v) is 9.26. The van der Waals surface area contributed by atoms with Crippen LogP contribution < -0.4 is 4.90 Å². The number of rotatable bonds is 2. The second-order valence-electron chi connectivity index (χ2n) is 7.07. The number of pyridine rings is 1. The molecule has 1 aromatic carbocycles. The summed E-state index contributed by atoms with van der Waals surface area (Å²) in [6.07, 6.45) is 4.65. The van der Waals surface area contributed by atoms with Gasteiger partial charge in [-0.05, 0) is 62.8 Å². The average Bonchev–Trinajstić information content (AvgIpc) is 3.00. The Labute approximate surface area is 148 Å². The van der Waals surface area contributed by atoms with Crippen molar-refractivity contribution in [2.24, 2.45) is 0 Å². The van der Waals surface area contributed by atoms with E-state index < -0.39 is 0 Å². The molecule has 3 aromatic rings. The number of nitrogens with zero attached hydrogens (tertiary/aromatic N) is 4. The molecule has 0 spiro atoms. The lowest BCUT2D eigenvalue weighted by Crippen LogP contribution is -2.39. The fourth-order valence-corrected chi connectivity index (χ4v) is 4.30. The molecule has 1 unspecified atom stereocenters. The second-order valence-corrected chi connectivity index (χ2v) is 7.07. The van der Waals surface area contributed by atoms with Gasteiger partial charge in [0.25, 0.3) is 0 Å². The van der Waals surface area contributed by atoms with Crippen molar-refractivity contribution in [2.75, 3.05) is 11.4 Å². The standard InChI is InChI=1S/C21H24N4/c1-4-16-15(3)17(13-22)20-23-18-10-5-6-11-19(18)25(20)21(16)24-12-8-7-9-14(24)2/h5-6,10-11,14H,4,7-9,12H2,1-3H3. The quantitative estimate of drug-likeness (QED) is 0.688. The SMILES string of the molecule is CCc1c(C)c(C#N)c2nc3ccccc3n2c1N1CCCCC1C. The summed E-state index contributed by atoms with van der Waals surface area (Å²) in [5.41, 5.74) is 5.92. The Morgan fingerprint density at radius 3 is 2.80 bits per heavy atom. The van der Waals surface area contributed by atoms with E-state index in [2.05, 4.69) is 48.3 Å². The van der Waals surface area contributed by atoms with E-state index in [0.717, 1.165) is 35.2 Å². The van der Waals surface area contributed by atoms with Crippen molar-refractivity contribution in [1.29, 1.82) is 5.26 Å². The van der Waals surface area contributed by atoms with E-state index in [1.54, 1.807) is 0 Å². The summed E-state index contributed by atoms with van der Waals surface area (Å²) in [4.78, 5) is 7.36. The summed E-state index contributed by atoms with van der Waals surface area (Å²) in [5.74, 6) is 1.25. The summed E-state index contributed by atoms with van der Waals surface area (Å²) < 4.78 is 2.24. The maximum Gasteiger partial charge on any atom is 0.157 e. The zero-order valence-corrected chi connectivity index (χ0v) is 15.2. The molecule has 0 N–H and O–H groups in total. The predicted molar refractivity (Wildman–Crippen MR) is 102 cm³/mol. The molecule has 4 rings (SSSR count). The molecule has 0 amide bonds. The van der Waals surface area contributed by atoms with E-state index in [0.29, 0.717) is 11.6 Å². The van der Waals surface area contributed by atoms with Gasteiger partial charge in [0.2, 0.25) is 0 Å². The predicted octanol–water partition coefficient (Wildman–Crippen LogP) is 4.61. The minimum atomic E-state index is 0.510. The van der Waals surface area contributed by atoms with Gasteiger partial charge in [0.15, 0.2) is 5.65 Å². The van der Waals surface area contributed by atoms with Gasteiger partial charge in [-0.15, -0.1) is 0 Å². The normalized spacial score (nSPS) is 18.0. The van der Waals surface area contributed by atoms with Crippen LogP contribution in [0.15, 0.2) is 24.3 Å². The van der Waals surface area contributed by atoms with Crippen LogP contribution in [0.5, 0.6) is 0 Å². The van der Waals surface area contributed by atoms with Crippen LogP contribution in [0, 0.1) is 18.3 Å². The Bertz CT molecular complexity index is 993. The van der Waals surface area contributed by atoms with Crippen LogP contribution in [0.25, 0.3) is 16.7 Å². The molecule has 4 nitrogen and oxygen atoms in total. The molecule has 1 atom stereocenters. The van der Waals surface area contributed by atoms with Crippen LogP contribution in [0.2, 0.25) is 0 Å². The van der Waals surface area contributed by atoms with Crippen LogP contribution in [-0.2, 0) is 6.42 Å². The van der Waals surface area contributed by atoms with Crippen molar-refractivity contribution < 1.29 is 0 Å². The van der Waals surface area contributed by atoms with Crippen LogP contribution >= 0.6 is 0 Å². The van der Waals surface area contributed by atoms with Crippen molar-refractivity contribution in [1.82, 2.24) is 9.38 Å². The van der Waals surface area contributed by atoms with Crippen LogP contribution in [-0.4, -0.2) is 22.0 Å². The first-order valence-electron chi connectivity index (χ1n) is 9.26. The molecule has 128 valence electrons. The van der Waals surface area contributed by atoms with Crippen molar-refractivity contribution in [3.63, 3.8) is 0 Å². The van der Waals surface area contributed by atoms with Crippen molar-refractivity contribution >= 4 is 22.5 Å². The Morgan fingerprint density at radius 1 is 1.28 bits per heavy atom. The Hall–Kier alpha value is -2.54. The van der Waals surface area contributed by atoms with Crippen LogP contribution in [0.1, 0.15) is 49.8 Å². The van der Waals surface area contributed by atoms with Gasteiger partial charge in [0.1, 0.15) is 11.9 Å². The van der Waals surface area contributed by atoms with E-state index >= 15 is 0 Å². The number of piperidine rings is 1. The molecule has 0 radical (unpaired) electrons. The molecule has 25 heavy (non-hydrogen) atoms. The van der Waals surface area contributed by atoms with Gasteiger partial charge < -0.3 is 4.90 Å². The lowest BCUT2D eigenvalue weighted by atomic mass is 9.98. The van der Waals surface area contributed by atoms with Crippen LogP contribution in [0.4, 0.5) is 5.82 Å². The molecule has 1 aliphatic rings. The smallest absolute Gasteiger partial charge is 0.157 e. The molecule has 2 aromatic heterocycles. The molecule has 0 bridgehead atoms. The zero-order valence-electron chi connectivity index (χ0n) is 15.2. The largest absolute Gasteiger partial charge is 0.355 e. The minimum absolute atomic E-state index is 0.510. The molecule has 4 heteroatoms. The highest BCUT2D eigenvalue weighted by Gasteiger charge is 2.27. The molecule has 1 saturated heterocycles. The highest BCUT2D eigenvalue weighted by atomic mass is 15.3. The molecule has 0 aliphatic carbocycles. The Balaban J connectivity index is 2.17. The first kappa shape index (κ1) is 16.0. The third kappa shape index (κ3) is 2.30. The summed E-state index contributed by atoms with van der Waals surface area (Å²) in [5, 5.41) is 9.80. The molecule has 0 saturated carbocycles. The van der Waals surface area contributed by atoms with Gasteiger partial charge in [-0.2, -0.15) is 5.26 Å². The van der Waals surface area contributed by atoms with Crippen molar-refractivity contribution in [3.05, 3.63) is 41.0 Å². The summed E-state index contributed by atoms with van der Waals surface area (Å²) >= 11 is 0. The maximum atomic E-state index is 9.80. The highest BCUT2D eigenvalue weighted by Crippen LogP contribution is 2.36. The number of imidazole rings is 1. The average molecular weight is 332 g/mol. The molecular formula is C21H24N4. The van der Waals surface area contributed by atoms with Crippen molar-refractivity contribution in [3.8, 4) is 6.07 Å². The van der Waals surface area contributed by atoms with Gasteiger partial charge in [0.05, 0.1) is 16.6 Å². The van der Waals surface area contributed by atoms with Crippen molar-refractivity contribution in [2.45, 2.75) is 52.5 Å². The number of hydrogen-bond acceptors (Lipinski definition) is 3. The second kappa shape index (κ2) is 6.07. The number of para-hydroxylation sites is 2. The first-order chi connectivity index (χ1) is 12.2. The molecule has 1 aliphatic heterocycles. The van der Waals surface area contributed by atoms with E-state index in [4.69, 9.17) is 4.98 Å². The zero-order chi connectivity index (χ0) is 17.6. The van der Waals surface area contributed by atoms with E-state index in [1.807, 2.05) is 12.1 Å². The molecular weight excluding hydrogens is 308 g/mol. The number of aromatic nitrogens is 2. The molecule has 1 fully saturated rings.